The summed E-state index contributed by atoms with van der Waals surface area (Å²) in [4.78, 5) is 18.9. The van der Waals surface area contributed by atoms with Gasteiger partial charge in [0.2, 0.25) is 0 Å². The van der Waals surface area contributed by atoms with E-state index in [1.54, 1.807) is 6.20 Å². The van der Waals surface area contributed by atoms with Crippen LogP contribution in [0.15, 0.2) is 42.6 Å². The van der Waals surface area contributed by atoms with E-state index in [2.05, 4.69) is 15.2 Å². The molecule has 3 aromatic rings. The minimum Gasteiger partial charge on any atom is -0.356 e. The molecule has 4 nitrogen and oxygen atoms in total. The number of nitrogens with one attached hydrogen (secondary N) is 1. The Morgan fingerprint density at radius 1 is 1.07 bits per heavy atom. The Morgan fingerprint density at radius 3 is 2.45 bits per heavy atom. The number of anilines is 1. The lowest BCUT2D eigenvalue weighted by atomic mass is 10.0. The van der Waals surface area contributed by atoms with Gasteiger partial charge in [0.25, 0.3) is 5.91 Å². The molecule has 8 heteroatoms. The van der Waals surface area contributed by atoms with E-state index in [4.69, 9.17) is 11.6 Å². The lowest BCUT2D eigenvalue weighted by Crippen LogP contribution is -2.45. The van der Waals surface area contributed by atoms with Crippen LogP contribution in [0.2, 0.25) is 5.02 Å². The molecule has 0 aliphatic carbocycles. The number of aromatic nitrogens is 1. The number of rotatable bonds is 3. The summed E-state index contributed by atoms with van der Waals surface area (Å²) >= 11 is 6.06. The van der Waals surface area contributed by atoms with Crippen molar-refractivity contribution in [1.29, 1.82) is 0 Å². The van der Waals surface area contributed by atoms with Gasteiger partial charge in [0, 0.05) is 47.9 Å². The summed E-state index contributed by atoms with van der Waals surface area (Å²) in [5, 5.41) is 5.26. The van der Waals surface area contributed by atoms with E-state index in [1.165, 1.54) is 0 Å². The van der Waals surface area contributed by atoms with Gasteiger partial charge in [-0.3, -0.25) is 4.79 Å². The quantitative estimate of drug-likeness (QED) is 0.669. The number of hydrogen-bond acceptors (Lipinski definition) is 3. The van der Waals surface area contributed by atoms with Crippen molar-refractivity contribution in [2.75, 3.05) is 18.0 Å². The lowest BCUT2D eigenvalue weighted by Gasteiger charge is -2.33. The molecule has 0 unspecified atom stereocenters. The van der Waals surface area contributed by atoms with Gasteiger partial charge in [-0.15, -0.1) is 0 Å². The van der Waals surface area contributed by atoms with Crippen molar-refractivity contribution >= 4 is 34.1 Å². The van der Waals surface area contributed by atoms with Crippen LogP contribution >= 0.6 is 11.6 Å². The molecule has 2 aromatic carbocycles. The predicted molar refractivity (Wildman–Crippen MR) is 106 cm³/mol. The van der Waals surface area contributed by atoms with Gasteiger partial charge < -0.3 is 10.2 Å². The number of amides is 1. The van der Waals surface area contributed by atoms with E-state index in [9.17, 15) is 18.0 Å². The Labute approximate surface area is 170 Å². The highest BCUT2D eigenvalue weighted by molar-refractivity contribution is 6.31. The van der Waals surface area contributed by atoms with Crippen LogP contribution in [0.4, 0.5) is 19.0 Å². The maximum absolute atomic E-state index is 13.8. The van der Waals surface area contributed by atoms with Gasteiger partial charge in [-0.05, 0) is 42.5 Å². The third-order valence-corrected chi connectivity index (χ3v) is 5.30. The Kier molecular flexibility index (Phi) is 5.32. The molecular formula is C21H17ClF3N3O. The van der Waals surface area contributed by atoms with Crippen molar-refractivity contribution in [1.82, 2.24) is 10.3 Å². The van der Waals surface area contributed by atoms with Crippen molar-refractivity contribution in [3.05, 3.63) is 70.6 Å². The van der Waals surface area contributed by atoms with Crippen LogP contribution in [-0.2, 0) is 0 Å². The number of nitrogens with zero attached hydrogens (tertiary/aromatic N) is 2. The average Bonchev–Trinajstić information content (AvgIpc) is 2.67. The number of pyridine rings is 1. The first-order valence-corrected chi connectivity index (χ1v) is 9.55. The summed E-state index contributed by atoms with van der Waals surface area (Å²) < 4.78 is 40.7. The summed E-state index contributed by atoms with van der Waals surface area (Å²) in [6.45, 7) is 1.24. The number of carbonyl (C=O) groups excluding carboxylic acids is 1. The number of halogens is 4. The van der Waals surface area contributed by atoms with Crippen LogP contribution in [-0.4, -0.2) is 30.0 Å². The second-order valence-electron chi connectivity index (χ2n) is 6.98. The number of carbonyl (C=O) groups is 1. The first-order valence-electron chi connectivity index (χ1n) is 9.17. The van der Waals surface area contributed by atoms with Crippen LogP contribution in [0.1, 0.15) is 23.2 Å². The molecule has 1 aliphatic heterocycles. The first-order chi connectivity index (χ1) is 13.9. The van der Waals surface area contributed by atoms with Crippen LogP contribution in [0.25, 0.3) is 10.8 Å². The third-order valence-electron chi connectivity index (χ3n) is 5.07. The molecule has 150 valence electrons. The second-order valence-corrected chi connectivity index (χ2v) is 7.42. The van der Waals surface area contributed by atoms with Crippen molar-refractivity contribution < 1.29 is 18.0 Å². The van der Waals surface area contributed by atoms with Crippen LogP contribution in [0, 0.1) is 17.5 Å². The van der Waals surface area contributed by atoms with Gasteiger partial charge in [-0.25, -0.2) is 18.2 Å². The molecule has 0 atom stereocenters. The van der Waals surface area contributed by atoms with Gasteiger partial charge in [0.1, 0.15) is 28.8 Å². The van der Waals surface area contributed by atoms with E-state index in [0.29, 0.717) is 43.1 Å². The fourth-order valence-electron chi connectivity index (χ4n) is 3.64. The van der Waals surface area contributed by atoms with Gasteiger partial charge >= 0.3 is 0 Å². The fourth-order valence-corrected chi connectivity index (χ4v) is 3.82. The summed E-state index contributed by atoms with van der Waals surface area (Å²) in [6.07, 6.45) is 2.89. The molecule has 29 heavy (non-hydrogen) atoms. The summed E-state index contributed by atoms with van der Waals surface area (Å²) in [5.74, 6) is -3.53. The van der Waals surface area contributed by atoms with E-state index in [1.807, 2.05) is 24.3 Å². The smallest absolute Gasteiger partial charge is 0.257 e. The summed E-state index contributed by atoms with van der Waals surface area (Å²) in [7, 11) is 0. The fraction of sp³-hybridized carbons (Fsp3) is 0.238. The zero-order valence-electron chi connectivity index (χ0n) is 15.3. The number of fused-ring (bicyclic) bond motifs is 1. The minimum absolute atomic E-state index is 0.243. The number of benzene rings is 2. The molecule has 0 saturated carbocycles. The normalized spacial score (nSPS) is 15.0. The van der Waals surface area contributed by atoms with Gasteiger partial charge in [0.05, 0.1) is 0 Å². The molecule has 1 amide bonds. The number of hydrogen-bond donors (Lipinski definition) is 1. The maximum Gasteiger partial charge on any atom is 0.257 e. The monoisotopic (exact) mass is 419 g/mol. The predicted octanol–water partition coefficient (Wildman–Crippen LogP) is 4.70. The SMILES string of the molecule is O=C(NC1CCN(c2nccc3cc(Cl)ccc23)CC1)c1c(F)cc(F)cc1F. The van der Waals surface area contributed by atoms with Crippen molar-refractivity contribution in [3.63, 3.8) is 0 Å². The van der Waals surface area contributed by atoms with E-state index < -0.39 is 28.9 Å². The largest absolute Gasteiger partial charge is 0.356 e. The second kappa shape index (κ2) is 7.91. The highest BCUT2D eigenvalue weighted by Crippen LogP contribution is 2.29. The lowest BCUT2D eigenvalue weighted by molar-refractivity contribution is 0.0922. The molecule has 1 N–H and O–H groups in total. The Hall–Kier alpha value is -2.80. The molecule has 1 aromatic heterocycles. The minimum atomic E-state index is -1.21. The third kappa shape index (κ3) is 4.00. The van der Waals surface area contributed by atoms with E-state index in [0.717, 1.165) is 16.6 Å². The summed E-state index contributed by atoms with van der Waals surface area (Å²) in [6, 6.07) is 8.26. The summed E-state index contributed by atoms with van der Waals surface area (Å²) in [5.41, 5.74) is -0.763. The molecule has 0 bridgehead atoms. The van der Waals surface area contributed by atoms with Gasteiger partial charge in [0.15, 0.2) is 0 Å². The van der Waals surface area contributed by atoms with E-state index in [-0.39, 0.29) is 6.04 Å². The molecule has 1 fully saturated rings. The number of piperidine rings is 1. The van der Waals surface area contributed by atoms with Crippen molar-refractivity contribution in [3.8, 4) is 0 Å². The topological polar surface area (TPSA) is 45.2 Å². The standard InChI is InChI=1S/C21H17ClF3N3O/c22-13-1-2-16-12(9-13)3-6-26-20(16)28-7-4-15(5-8-28)27-21(29)19-17(24)10-14(23)11-18(19)25/h1-3,6,9-11,15H,4-5,7-8H2,(H,27,29). The van der Waals surface area contributed by atoms with Crippen LogP contribution in [0.3, 0.4) is 0 Å². The molecular weight excluding hydrogens is 403 g/mol. The zero-order chi connectivity index (χ0) is 20.5. The molecule has 1 saturated heterocycles. The Morgan fingerprint density at radius 2 is 1.76 bits per heavy atom. The Balaban J connectivity index is 1.45. The zero-order valence-corrected chi connectivity index (χ0v) is 16.0. The maximum atomic E-state index is 13.8. The van der Waals surface area contributed by atoms with E-state index >= 15 is 0 Å². The molecule has 2 heterocycles. The van der Waals surface area contributed by atoms with Crippen LogP contribution in [0.5, 0.6) is 0 Å². The highest BCUT2D eigenvalue weighted by Gasteiger charge is 2.26. The first kappa shape index (κ1) is 19.5. The molecule has 0 radical (unpaired) electrons. The highest BCUT2D eigenvalue weighted by atomic mass is 35.5. The molecule has 4 rings (SSSR count). The molecule has 1 aliphatic rings. The van der Waals surface area contributed by atoms with Crippen molar-refractivity contribution in [2.45, 2.75) is 18.9 Å². The van der Waals surface area contributed by atoms with Crippen molar-refractivity contribution in [2.24, 2.45) is 0 Å². The van der Waals surface area contributed by atoms with Crippen LogP contribution < -0.4 is 10.2 Å². The average molecular weight is 420 g/mol. The van der Waals surface area contributed by atoms with Gasteiger partial charge in [-0.1, -0.05) is 11.6 Å². The molecule has 0 spiro atoms. The van der Waals surface area contributed by atoms with Gasteiger partial charge in [-0.2, -0.15) is 0 Å². The Bertz CT molecular complexity index is 1060.